The van der Waals surface area contributed by atoms with Crippen molar-refractivity contribution in [3.63, 3.8) is 0 Å². The van der Waals surface area contributed by atoms with Gasteiger partial charge in [0.25, 0.3) is 0 Å². The van der Waals surface area contributed by atoms with Crippen LogP contribution in [0.4, 0.5) is 0 Å². The molecule has 2 heteroatoms. The van der Waals surface area contributed by atoms with Crippen molar-refractivity contribution in [2.24, 2.45) is 0 Å². The van der Waals surface area contributed by atoms with Gasteiger partial charge >= 0.3 is 0 Å². The third-order valence-corrected chi connectivity index (χ3v) is 3.00. The number of phenols is 1. The van der Waals surface area contributed by atoms with Crippen LogP contribution < -0.4 is 5.32 Å². The third-order valence-electron chi connectivity index (χ3n) is 3.00. The van der Waals surface area contributed by atoms with Crippen LogP contribution in [-0.2, 0) is 6.42 Å². The molecule has 2 N–H and O–H groups in total. The SMILES string of the molecule is CCc1ccc(O)c([C@@H]2CCNC2)c1. The van der Waals surface area contributed by atoms with Gasteiger partial charge in [-0.3, -0.25) is 0 Å². The molecule has 2 rings (SSSR count). The van der Waals surface area contributed by atoms with E-state index in [1.807, 2.05) is 12.1 Å². The van der Waals surface area contributed by atoms with E-state index in [0.717, 1.165) is 31.5 Å². The van der Waals surface area contributed by atoms with E-state index < -0.39 is 0 Å². The Balaban J connectivity index is 2.29. The zero-order valence-electron chi connectivity index (χ0n) is 8.59. The van der Waals surface area contributed by atoms with Crippen LogP contribution in [-0.4, -0.2) is 18.2 Å². The monoisotopic (exact) mass is 191 g/mol. The summed E-state index contributed by atoms with van der Waals surface area (Å²) in [4.78, 5) is 0. The first kappa shape index (κ1) is 9.53. The van der Waals surface area contributed by atoms with E-state index in [4.69, 9.17) is 0 Å². The summed E-state index contributed by atoms with van der Waals surface area (Å²) in [5.41, 5.74) is 2.43. The summed E-state index contributed by atoms with van der Waals surface area (Å²) in [7, 11) is 0. The first-order chi connectivity index (χ1) is 6.81. The van der Waals surface area contributed by atoms with Crippen LogP contribution in [0.3, 0.4) is 0 Å². The predicted octanol–water partition coefficient (Wildman–Crippen LogP) is 2.03. The van der Waals surface area contributed by atoms with Gasteiger partial charge in [0.05, 0.1) is 0 Å². The number of aryl methyl sites for hydroxylation is 1. The molecule has 1 aromatic carbocycles. The second kappa shape index (κ2) is 4.01. The molecule has 0 unspecified atom stereocenters. The van der Waals surface area contributed by atoms with E-state index >= 15 is 0 Å². The average molecular weight is 191 g/mol. The van der Waals surface area contributed by atoms with E-state index in [1.165, 1.54) is 5.56 Å². The molecule has 1 atom stereocenters. The third kappa shape index (κ3) is 1.75. The number of phenolic OH excluding ortho intramolecular Hbond substituents is 1. The quantitative estimate of drug-likeness (QED) is 0.749. The first-order valence-corrected chi connectivity index (χ1v) is 5.33. The molecule has 1 saturated heterocycles. The van der Waals surface area contributed by atoms with Crippen LogP contribution in [0, 0.1) is 0 Å². The highest BCUT2D eigenvalue weighted by atomic mass is 16.3. The molecule has 1 heterocycles. The van der Waals surface area contributed by atoms with Crippen molar-refractivity contribution >= 4 is 0 Å². The Kier molecular flexibility index (Phi) is 2.73. The molecule has 0 aliphatic carbocycles. The van der Waals surface area contributed by atoms with Gasteiger partial charge in [-0.15, -0.1) is 0 Å². The van der Waals surface area contributed by atoms with Crippen molar-refractivity contribution in [1.82, 2.24) is 5.32 Å². The number of rotatable bonds is 2. The van der Waals surface area contributed by atoms with E-state index in [1.54, 1.807) is 0 Å². The highest BCUT2D eigenvalue weighted by molar-refractivity contribution is 5.39. The van der Waals surface area contributed by atoms with Crippen LogP contribution in [0.1, 0.15) is 30.4 Å². The van der Waals surface area contributed by atoms with Gasteiger partial charge in [-0.1, -0.05) is 19.1 Å². The Morgan fingerprint density at radius 2 is 2.36 bits per heavy atom. The van der Waals surface area contributed by atoms with Gasteiger partial charge < -0.3 is 10.4 Å². The van der Waals surface area contributed by atoms with Crippen molar-refractivity contribution in [3.05, 3.63) is 29.3 Å². The lowest BCUT2D eigenvalue weighted by atomic mass is 9.95. The topological polar surface area (TPSA) is 32.3 Å². The molecule has 0 bridgehead atoms. The van der Waals surface area contributed by atoms with Gasteiger partial charge in [-0.25, -0.2) is 0 Å². The molecule has 0 saturated carbocycles. The lowest BCUT2D eigenvalue weighted by Gasteiger charge is -2.12. The van der Waals surface area contributed by atoms with Crippen LogP contribution in [0.15, 0.2) is 18.2 Å². The maximum atomic E-state index is 9.76. The van der Waals surface area contributed by atoms with Crippen molar-refractivity contribution in [2.45, 2.75) is 25.7 Å². The maximum Gasteiger partial charge on any atom is 0.119 e. The smallest absolute Gasteiger partial charge is 0.119 e. The van der Waals surface area contributed by atoms with E-state index in [2.05, 4.69) is 18.3 Å². The molecule has 0 amide bonds. The minimum atomic E-state index is 0.455. The van der Waals surface area contributed by atoms with E-state index in [0.29, 0.717) is 11.7 Å². The second-order valence-corrected chi connectivity index (χ2v) is 3.94. The normalized spacial score (nSPS) is 21.4. The van der Waals surface area contributed by atoms with Gasteiger partial charge in [0, 0.05) is 12.5 Å². The minimum Gasteiger partial charge on any atom is -0.508 e. The number of benzene rings is 1. The molecule has 0 radical (unpaired) electrons. The maximum absolute atomic E-state index is 9.76. The summed E-state index contributed by atoms with van der Waals surface area (Å²) >= 11 is 0. The predicted molar refractivity (Wildman–Crippen MR) is 57.7 cm³/mol. The number of aromatic hydroxyl groups is 1. The van der Waals surface area contributed by atoms with Gasteiger partial charge in [0.15, 0.2) is 0 Å². The van der Waals surface area contributed by atoms with Crippen molar-refractivity contribution in [3.8, 4) is 5.75 Å². The fraction of sp³-hybridized carbons (Fsp3) is 0.500. The summed E-state index contributed by atoms with van der Waals surface area (Å²) < 4.78 is 0. The van der Waals surface area contributed by atoms with Crippen molar-refractivity contribution in [1.29, 1.82) is 0 Å². The molecule has 1 fully saturated rings. The summed E-state index contributed by atoms with van der Waals surface area (Å²) in [6.45, 7) is 4.21. The Labute approximate surface area is 85.0 Å². The molecule has 1 aliphatic rings. The molecule has 0 aromatic heterocycles. The standard InChI is InChI=1S/C12H17NO/c1-2-9-3-4-12(14)11(7-9)10-5-6-13-8-10/h3-4,7,10,13-14H,2,5-6,8H2,1H3/t10-/m1/s1. The summed E-state index contributed by atoms with van der Waals surface area (Å²) in [5.74, 6) is 0.956. The van der Waals surface area contributed by atoms with Gasteiger partial charge in [-0.2, -0.15) is 0 Å². The fourth-order valence-electron chi connectivity index (χ4n) is 2.07. The number of nitrogens with one attached hydrogen (secondary N) is 1. The highest BCUT2D eigenvalue weighted by Gasteiger charge is 2.19. The van der Waals surface area contributed by atoms with Gasteiger partial charge in [0.2, 0.25) is 0 Å². The number of hydrogen-bond acceptors (Lipinski definition) is 2. The van der Waals surface area contributed by atoms with E-state index in [9.17, 15) is 5.11 Å². The van der Waals surface area contributed by atoms with E-state index in [-0.39, 0.29) is 0 Å². The van der Waals surface area contributed by atoms with Gasteiger partial charge in [0.1, 0.15) is 5.75 Å². The lowest BCUT2D eigenvalue weighted by Crippen LogP contribution is -2.08. The zero-order chi connectivity index (χ0) is 9.97. The Hall–Kier alpha value is -1.02. The Morgan fingerprint density at radius 1 is 1.50 bits per heavy atom. The molecular formula is C12H17NO. The molecular weight excluding hydrogens is 174 g/mol. The largest absolute Gasteiger partial charge is 0.508 e. The van der Waals surface area contributed by atoms with Crippen LogP contribution in [0.2, 0.25) is 0 Å². The lowest BCUT2D eigenvalue weighted by molar-refractivity contribution is 0.462. The summed E-state index contributed by atoms with van der Waals surface area (Å²) in [6.07, 6.45) is 2.17. The van der Waals surface area contributed by atoms with Crippen LogP contribution in [0.25, 0.3) is 0 Å². The van der Waals surface area contributed by atoms with Crippen molar-refractivity contribution < 1.29 is 5.11 Å². The van der Waals surface area contributed by atoms with Crippen LogP contribution >= 0.6 is 0 Å². The molecule has 76 valence electrons. The summed E-state index contributed by atoms with van der Waals surface area (Å²) in [6, 6.07) is 5.97. The zero-order valence-corrected chi connectivity index (χ0v) is 8.59. The second-order valence-electron chi connectivity index (χ2n) is 3.94. The van der Waals surface area contributed by atoms with Crippen LogP contribution in [0.5, 0.6) is 5.75 Å². The first-order valence-electron chi connectivity index (χ1n) is 5.33. The molecule has 0 spiro atoms. The Bertz CT molecular complexity index is 316. The van der Waals surface area contributed by atoms with Gasteiger partial charge in [-0.05, 0) is 36.6 Å². The molecule has 1 aliphatic heterocycles. The highest BCUT2D eigenvalue weighted by Crippen LogP contribution is 2.30. The summed E-state index contributed by atoms with van der Waals surface area (Å²) in [5, 5.41) is 13.1. The minimum absolute atomic E-state index is 0.455. The van der Waals surface area contributed by atoms with Crippen molar-refractivity contribution in [2.75, 3.05) is 13.1 Å². The molecule has 14 heavy (non-hydrogen) atoms. The average Bonchev–Trinajstić information content (AvgIpc) is 2.71. The molecule has 1 aromatic rings. The number of hydrogen-bond donors (Lipinski definition) is 2. The fourth-order valence-corrected chi connectivity index (χ4v) is 2.07. The Morgan fingerprint density at radius 3 is 3.00 bits per heavy atom. The molecule has 2 nitrogen and oxygen atoms in total.